The van der Waals surface area contributed by atoms with Gasteiger partial charge in [0.1, 0.15) is 12.4 Å². The van der Waals surface area contributed by atoms with Gasteiger partial charge >= 0.3 is 12.1 Å². The SMILES string of the molecule is CNC(=O)C1=C(O)C2=NC=C(CC3=CC=C(F)CC=C3)C3OC(C(=O)NCC(F)(F)F)=C[N+](=C23)C1=O. The monoisotopic (exact) mass is 507 g/mol. The van der Waals surface area contributed by atoms with Crippen LogP contribution in [0.5, 0.6) is 0 Å². The summed E-state index contributed by atoms with van der Waals surface area (Å²) in [6, 6.07) is 0. The second kappa shape index (κ2) is 9.40. The minimum absolute atomic E-state index is 0.0186. The molecule has 0 saturated heterocycles. The van der Waals surface area contributed by atoms with Crippen molar-refractivity contribution in [3.8, 4) is 0 Å². The first-order valence-electron chi connectivity index (χ1n) is 10.6. The van der Waals surface area contributed by atoms with Crippen LogP contribution in [0.2, 0.25) is 0 Å². The number of alkyl halides is 3. The number of nitrogens with one attached hydrogen (secondary N) is 2. The molecule has 0 aromatic carbocycles. The predicted octanol–water partition coefficient (Wildman–Crippen LogP) is 1.93. The van der Waals surface area contributed by atoms with Crippen LogP contribution in [0.25, 0.3) is 0 Å². The quantitative estimate of drug-likeness (QED) is 0.299. The molecule has 0 saturated carbocycles. The molecule has 3 amide bonds. The van der Waals surface area contributed by atoms with Crippen LogP contribution in [0.15, 0.2) is 75.8 Å². The van der Waals surface area contributed by atoms with Crippen LogP contribution < -0.4 is 10.6 Å². The maximum atomic E-state index is 13.6. The third kappa shape index (κ3) is 4.76. The number of aliphatic hydroxyl groups excluding tert-OH is 1. The molecule has 0 radical (unpaired) electrons. The first-order valence-corrected chi connectivity index (χ1v) is 10.6. The van der Waals surface area contributed by atoms with E-state index in [-0.39, 0.29) is 30.1 Å². The number of ether oxygens (including phenoxy) is 1. The lowest BCUT2D eigenvalue weighted by atomic mass is 9.89. The zero-order chi connectivity index (χ0) is 26.2. The topological polar surface area (TPSA) is 120 Å². The van der Waals surface area contributed by atoms with E-state index in [1.165, 1.54) is 25.4 Å². The van der Waals surface area contributed by atoms with E-state index in [1.807, 2.05) is 0 Å². The van der Waals surface area contributed by atoms with Gasteiger partial charge in [0.15, 0.2) is 17.0 Å². The van der Waals surface area contributed by atoms with Crippen molar-refractivity contribution in [2.45, 2.75) is 25.1 Å². The number of aliphatic hydroxyl groups is 1. The number of carbonyl (C=O) groups is 3. The Morgan fingerprint density at radius 1 is 1.28 bits per heavy atom. The molecule has 3 aliphatic heterocycles. The van der Waals surface area contributed by atoms with Crippen molar-refractivity contribution >= 4 is 29.1 Å². The molecule has 36 heavy (non-hydrogen) atoms. The molecule has 0 bridgehead atoms. The van der Waals surface area contributed by atoms with Crippen molar-refractivity contribution in [3.05, 3.63) is 70.8 Å². The molecule has 3 N–H and O–H groups in total. The Labute approximate surface area is 201 Å². The van der Waals surface area contributed by atoms with Gasteiger partial charge in [-0.05, 0) is 18.1 Å². The Kier molecular flexibility index (Phi) is 6.48. The minimum Gasteiger partial charge on any atom is -0.504 e. The van der Waals surface area contributed by atoms with E-state index in [4.69, 9.17) is 4.74 Å². The summed E-state index contributed by atoms with van der Waals surface area (Å²) in [5, 5.41) is 14.5. The lowest BCUT2D eigenvalue weighted by Crippen LogP contribution is -2.52. The number of halogens is 4. The smallest absolute Gasteiger partial charge is 0.434 e. The summed E-state index contributed by atoms with van der Waals surface area (Å²) < 4.78 is 58.0. The van der Waals surface area contributed by atoms with Crippen LogP contribution in [-0.4, -0.2) is 64.7 Å². The lowest BCUT2D eigenvalue weighted by molar-refractivity contribution is -0.385. The maximum absolute atomic E-state index is 13.6. The Morgan fingerprint density at radius 3 is 2.72 bits per heavy atom. The highest BCUT2D eigenvalue weighted by atomic mass is 19.4. The molecule has 0 spiro atoms. The van der Waals surface area contributed by atoms with Gasteiger partial charge in [0, 0.05) is 25.2 Å². The average molecular weight is 507 g/mol. The number of aliphatic imine (C=N–C) groups is 1. The van der Waals surface area contributed by atoms with Crippen LogP contribution in [0.3, 0.4) is 0 Å². The molecule has 4 aliphatic rings. The van der Waals surface area contributed by atoms with E-state index in [2.05, 4.69) is 10.3 Å². The second-order valence-electron chi connectivity index (χ2n) is 7.97. The number of hydrogen-bond acceptors (Lipinski definition) is 6. The molecular formula is C23H19F4N4O5+. The van der Waals surface area contributed by atoms with Crippen LogP contribution in [-0.2, 0) is 19.1 Å². The van der Waals surface area contributed by atoms with E-state index < -0.39 is 53.6 Å². The van der Waals surface area contributed by atoms with Gasteiger partial charge in [0.2, 0.25) is 12.3 Å². The summed E-state index contributed by atoms with van der Waals surface area (Å²) in [6.45, 7) is -1.64. The van der Waals surface area contributed by atoms with Crippen molar-refractivity contribution in [1.29, 1.82) is 0 Å². The van der Waals surface area contributed by atoms with E-state index in [1.54, 1.807) is 17.5 Å². The fourth-order valence-corrected chi connectivity index (χ4v) is 3.83. The summed E-state index contributed by atoms with van der Waals surface area (Å²) in [5.74, 6) is -4.92. The van der Waals surface area contributed by atoms with Gasteiger partial charge in [0.25, 0.3) is 23.3 Å². The minimum atomic E-state index is -4.69. The summed E-state index contributed by atoms with van der Waals surface area (Å²) in [6.07, 6.45) is 2.47. The normalized spacial score (nSPS) is 21.3. The summed E-state index contributed by atoms with van der Waals surface area (Å²) in [4.78, 5) is 42.1. The largest absolute Gasteiger partial charge is 0.504 e. The predicted molar refractivity (Wildman–Crippen MR) is 117 cm³/mol. The Balaban J connectivity index is 1.78. The zero-order valence-corrected chi connectivity index (χ0v) is 18.6. The highest BCUT2D eigenvalue weighted by Gasteiger charge is 2.52. The average Bonchev–Trinajstić information content (AvgIpc) is 3.04. The Bertz CT molecular complexity index is 1310. The van der Waals surface area contributed by atoms with Gasteiger partial charge in [-0.2, -0.15) is 13.2 Å². The molecule has 4 rings (SSSR count). The molecule has 0 aromatic rings. The molecule has 9 nitrogen and oxygen atoms in total. The van der Waals surface area contributed by atoms with Crippen molar-refractivity contribution < 1.29 is 46.4 Å². The van der Waals surface area contributed by atoms with Gasteiger partial charge < -0.3 is 20.5 Å². The maximum Gasteiger partial charge on any atom is 0.434 e. The fraction of sp³-hybridized carbons (Fsp3) is 0.261. The fourth-order valence-electron chi connectivity index (χ4n) is 3.83. The van der Waals surface area contributed by atoms with E-state index in [0.717, 1.165) is 10.8 Å². The van der Waals surface area contributed by atoms with Crippen LogP contribution in [0, 0.1) is 0 Å². The lowest BCUT2D eigenvalue weighted by Gasteiger charge is -2.29. The van der Waals surface area contributed by atoms with Crippen molar-refractivity contribution in [1.82, 2.24) is 10.6 Å². The molecule has 188 valence electrons. The molecule has 1 atom stereocenters. The molecule has 0 fully saturated rings. The molecule has 1 unspecified atom stereocenters. The summed E-state index contributed by atoms with van der Waals surface area (Å²) in [5.41, 5.74) is 0.121. The van der Waals surface area contributed by atoms with Gasteiger partial charge in [-0.3, -0.25) is 9.59 Å². The molecule has 3 heterocycles. The third-order valence-corrected chi connectivity index (χ3v) is 5.49. The number of rotatable bonds is 5. The van der Waals surface area contributed by atoms with E-state index in [9.17, 15) is 37.1 Å². The number of hydrogen-bond donors (Lipinski definition) is 3. The van der Waals surface area contributed by atoms with Gasteiger partial charge in [-0.25, -0.2) is 14.2 Å². The van der Waals surface area contributed by atoms with Crippen molar-refractivity contribution in [3.63, 3.8) is 0 Å². The molecule has 0 aromatic heterocycles. The molecule has 13 heteroatoms. The number of carbonyl (C=O) groups excluding carboxylic acids is 3. The van der Waals surface area contributed by atoms with E-state index >= 15 is 0 Å². The van der Waals surface area contributed by atoms with Crippen LogP contribution >= 0.6 is 0 Å². The molecule has 1 aliphatic carbocycles. The van der Waals surface area contributed by atoms with Crippen LogP contribution in [0.1, 0.15) is 12.8 Å². The summed E-state index contributed by atoms with van der Waals surface area (Å²) >= 11 is 0. The summed E-state index contributed by atoms with van der Waals surface area (Å²) in [7, 11) is 1.23. The first-order chi connectivity index (χ1) is 17.0. The van der Waals surface area contributed by atoms with Gasteiger partial charge in [0.05, 0.1) is 0 Å². The van der Waals surface area contributed by atoms with Crippen LogP contribution in [0.4, 0.5) is 17.6 Å². The Hall–Kier alpha value is -4.29. The standard InChI is InChI=1S/C23H18F4N4O5/c1-28-21(34)15-18(32)16-17-19(12(8-29-16)7-11-3-2-4-13(24)6-5-11)36-14(9-31(17)22(15)35)20(33)30-10-23(25,26)27/h2-3,5-6,8-9,19H,4,7,10H2,1H3,(H2-,28,30,32,33,34,35)/p+1. The van der Waals surface area contributed by atoms with E-state index in [0.29, 0.717) is 11.1 Å². The Morgan fingerprint density at radius 2 is 2.03 bits per heavy atom. The van der Waals surface area contributed by atoms with Crippen molar-refractivity contribution in [2.75, 3.05) is 13.6 Å². The highest BCUT2D eigenvalue weighted by molar-refractivity contribution is 6.52. The van der Waals surface area contributed by atoms with Gasteiger partial charge in [-0.15, -0.1) is 4.58 Å². The zero-order valence-electron chi connectivity index (χ0n) is 18.6. The first kappa shape index (κ1) is 24.8. The van der Waals surface area contributed by atoms with Gasteiger partial charge in [-0.1, -0.05) is 18.2 Å². The third-order valence-electron chi connectivity index (χ3n) is 5.49. The highest BCUT2D eigenvalue weighted by Crippen LogP contribution is 2.32. The number of nitrogens with zero attached hydrogens (tertiary/aromatic N) is 2. The van der Waals surface area contributed by atoms with Crippen molar-refractivity contribution in [2.24, 2.45) is 4.99 Å². The number of likely N-dealkylation sites (N-methyl/N-ethyl adjacent to an activating group) is 1. The number of amides is 3. The molecular weight excluding hydrogens is 488 g/mol. The second-order valence-corrected chi connectivity index (χ2v) is 7.97. The number of allylic oxidation sites excluding steroid dienone is 7.